The van der Waals surface area contributed by atoms with Gasteiger partial charge >= 0.3 is 11.9 Å². The van der Waals surface area contributed by atoms with Crippen molar-refractivity contribution in [3.05, 3.63) is 23.7 Å². The van der Waals surface area contributed by atoms with Crippen molar-refractivity contribution in [2.45, 2.75) is 12.5 Å². The monoisotopic (exact) mass is 210 g/mol. The highest BCUT2D eigenvalue weighted by atomic mass is 16.6. The molecule has 1 aromatic heterocycles. The van der Waals surface area contributed by atoms with Crippen molar-refractivity contribution in [3.8, 4) is 0 Å². The Morgan fingerprint density at radius 2 is 2.13 bits per heavy atom. The first kappa shape index (κ1) is 9.45. The average molecular weight is 210 g/mol. The molecular formula is C9H6O6. The number of hydrogen-bond acceptors (Lipinski definition) is 5. The van der Waals surface area contributed by atoms with E-state index in [1.807, 2.05) is 0 Å². The van der Waals surface area contributed by atoms with Crippen LogP contribution in [0.4, 0.5) is 0 Å². The van der Waals surface area contributed by atoms with Crippen molar-refractivity contribution in [2.24, 2.45) is 0 Å². The summed E-state index contributed by atoms with van der Waals surface area (Å²) in [7, 11) is 0. The van der Waals surface area contributed by atoms with Crippen LogP contribution in [0, 0.1) is 0 Å². The van der Waals surface area contributed by atoms with Crippen molar-refractivity contribution < 1.29 is 28.6 Å². The Kier molecular flexibility index (Phi) is 2.03. The van der Waals surface area contributed by atoms with E-state index < -0.39 is 23.8 Å². The first-order valence-electron chi connectivity index (χ1n) is 4.13. The third kappa shape index (κ3) is 1.61. The SMILES string of the molecule is O=C1CC(=O)C(c2ccc(C(=O)O)o2)O1. The second-order valence-electron chi connectivity index (χ2n) is 3.02. The van der Waals surface area contributed by atoms with Gasteiger partial charge in [0, 0.05) is 0 Å². The maximum Gasteiger partial charge on any atom is 0.371 e. The zero-order valence-corrected chi connectivity index (χ0v) is 7.43. The summed E-state index contributed by atoms with van der Waals surface area (Å²) in [6.45, 7) is 0. The van der Waals surface area contributed by atoms with Crippen LogP contribution in [-0.2, 0) is 14.3 Å². The van der Waals surface area contributed by atoms with Gasteiger partial charge in [0.05, 0.1) is 0 Å². The molecule has 0 amide bonds. The molecule has 1 aliphatic heterocycles. The smallest absolute Gasteiger partial charge is 0.371 e. The van der Waals surface area contributed by atoms with Gasteiger partial charge in [-0.3, -0.25) is 9.59 Å². The molecule has 1 atom stereocenters. The normalized spacial score (nSPS) is 20.4. The van der Waals surface area contributed by atoms with Gasteiger partial charge in [-0.25, -0.2) is 4.79 Å². The molecule has 0 bridgehead atoms. The van der Waals surface area contributed by atoms with Crippen molar-refractivity contribution in [1.29, 1.82) is 0 Å². The summed E-state index contributed by atoms with van der Waals surface area (Å²) in [4.78, 5) is 32.5. The van der Waals surface area contributed by atoms with Crippen LogP contribution in [0.1, 0.15) is 28.8 Å². The predicted octanol–water partition coefficient (Wildman–Crippen LogP) is 0.535. The first-order valence-corrected chi connectivity index (χ1v) is 4.13. The zero-order valence-electron chi connectivity index (χ0n) is 7.43. The molecule has 1 unspecified atom stereocenters. The van der Waals surface area contributed by atoms with Gasteiger partial charge in [-0.1, -0.05) is 0 Å². The van der Waals surface area contributed by atoms with E-state index in [-0.39, 0.29) is 17.9 Å². The van der Waals surface area contributed by atoms with Gasteiger partial charge < -0.3 is 14.3 Å². The lowest BCUT2D eigenvalue weighted by Gasteiger charge is -2.02. The molecule has 0 aromatic carbocycles. The van der Waals surface area contributed by atoms with Crippen LogP contribution < -0.4 is 0 Å². The Morgan fingerprint density at radius 1 is 1.40 bits per heavy atom. The van der Waals surface area contributed by atoms with Crippen LogP contribution in [0.15, 0.2) is 16.5 Å². The number of furan rings is 1. The lowest BCUT2D eigenvalue weighted by molar-refractivity contribution is -0.143. The number of carbonyl (C=O) groups is 3. The molecule has 78 valence electrons. The number of carbonyl (C=O) groups excluding carboxylic acids is 2. The van der Waals surface area contributed by atoms with Crippen LogP contribution in [-0.4, -0.2) is 22.8 Å². The minimum Gasteiger partial charge on any atom is -0.475 e. The standard InChI is InChI=1S/C9H6O6/c10-4-3-7(11)15-8(4)5-1-2-6(14-5)9(12)13/h1-2,8H,3H2,(H,12,13). The number of rotatable bonds is 2. The van der Waals surface area contributed by atoms with E-state index in [9.17, 15) is 14.4 Å². The number of ketones is 1. The fourth-order valence-corrected chi connectivity index (χ4v) is 1.30. The van der Waals surface area contributed by atoms with E-state index in [1.54, 1.807) is 0 Å². The summed E-state index contributed by atoms with van der Waals surface area (Å²) in [5.74, 6) is -2.54. The molecule has 15 heavy (non-hydrogen) atoms. The highest BCUT2D eigenvalue weighted by Gasteiger charge is 2.36. The van der Waals surface area contributed by atoms with E-state index in [0.717, 1.165) is 0 Å². The van der Waals surface area contributed by atoms with E-state index in [4.69, 9.17) is 9.52 Å². The molecule has 2 heterocycles. The summed E-state index contributed by atoms with van der Waals surface area (Å²) in [6, 6.07) is 2.52. The molecule has 2 rings (SSSR count). The number of carboxylic acid groups (broad SMARTS) is 1. The fraction of sp³-hybridized carbons (Fsp3) is 0.222. The number of esters is 1. The number of carboxylic acids is 1. The van der Waals surface area contributed by atoms with E-state index in [2.05, 4.69) is 4.74 Å². The molecule has 0 aliphatic carbocycles. The number of cyclic esters (lactones) is 1. The molecule has 0 radical (unpaired) electrons. The highest BCUT2D eigenvalue weighted by molar-refractivity contribution is 6.03. The Bertz CT molecular complexity index is 443. The largest absolute Gasteiger partial charge is 0.475 e. The molecule has 1 saturated heterocycles. The minimum atomic E-state index is -1.24. The van der Waals surface area contributed by atoms with E-state index in [0.29, 0.717) is 0 Å². The molecule has 1 aromatic rings. The van der Waals surface area contributed by atoms with Gasteiger partial charge in [0.2, 0.25) is 11.9 Å². The number of Topliss-reactive ketones (excluding diaryl/α,β-unsaturated/α-hetero) is 1. The van der Waals surface area contributed by atoms with Crippen LogP contribution in [0.25, 0.3) is 0 Å². The zero-order chi connectivity index (χ0) is 11.0. The van der Waals surface area contributed by atoms with Crippen molar-refractivity contribution in [1.82, 2.24) is 0 Å². The third-order valence-corrected chi connectivity index (χ3v) is 1.96. The van der Waals surface area contributed by atoms with Crippen molar-refractivity contribution >= 4 is 17.7 Å². The van der Waals surface area contributed by atoms with Gasteiger partial charge in [0.1, 0.15) is 6.42 Å². The van der Waals surface area contributed by atoms with E-state index in [1.165, 1.54) is 12.1 Å². The van der Waals surface area contributed by atoms with E-state index >= 15 is 0 Å². The maximum atomic E-state index is 11.2. The lowest BCUT2D eigenvalue weighted by Crippen LogP contribution is -2.04. The number of hydrogen-bond donors (Lipinski definition) is 1. The fourth-order valence-electron chi connectivity index (χ4n) is 1.30. The Hall–Kier alpha value is -2.11. The summed E-state index contributed by atoms with van der Waals surface area (Å²) >= 11 is 0. The molecular weight excluding hydrogens is 204 g/mol. The molecule has 0 saturated carbocycles. The van der Waals surface area contributed by atoms with Gasteiger partial charge in [-0.05, 0) is 12.1 Å². The van der Waals surface area contributed by atoms with Crippen LogP contribution in [0.2, 0.25) is 0 Å². The van der Waals surface area contributed by atoms with Gasteiger partial charge in [0.25, 0.3) is 0 Å². The number of ether oxygens (including phenoxy) is 1. The van der Waals surface area contributed by atoms with Crippen molar-refractivity contribution in [2.75, 3.05) is 0 Å². The highest BCUT2D eigenvalue weighted by Crippen LogP contribution is 2.27. The van der Waals surface area contributed by atoms with Gasteiger partial charge in [0.15, 0.2) is 11.5 Å². The minimum absolute atomic E-state index is 0.0447. The molecule has 6 nitrogen and oxygen atoms in total. The summed E-state index contributed by atoms with van der Waals surface area (Å²) in [5, 5.41) is 8.57. The lowest BCUT2D eigenvalue weighted by atomic mass is 10.2. The Balaban J connectivity index is 2.26. The topological polar surface area (TPSA) is 93.8 Å². The third-order valence-electron chi connectivity index (χ3n) is 1.96. The predicted molar refractivity (Wildman–Crippen MR) is 44.1 cm³/mol. The second-order valence-corrected chi connectivity index (χ2v) is 3.02. The quantitative estimate of drug-likeness (QED) is 0.565. The molecule has 1 N–H and O–H groups in total. The van der Waals surface area contributed by atoms with Gasteiger partial charge in [-0.15, -0.1) is 0 Å². The first-order chi connectivity index (χ1) is 7.08. The molecule has 1 aliphatic rings. The summed E-state index contributed by atoms with van der Waals surface area (Å²) < 4.78 is 9.53. The second kappa shape index (κ2) is 3.23. The molecule has 1 fully saturated rings. The Labute approximate surface area is 83.4 Å². The maximum absolute atomic E-state index is 11.2. The Morgan fingerprint density at radius 3 is 2.60 bits per heavy atom. The summed E-state index contributed by atoms with van der Waals surface area (Å²) in [6.07, 6.45) is -1.39. The summed E-state index contributed by atoms with van der Waals surface area (Å²) in [5.41, 5.74) is 0. The number of aromatic carboxylic acids is 1. The van der Waals surface area contributed by atoms with Crippen LogP contribution in [0.3, 0.4) is 0 Å². The average Bonchev–Trinajstić information content (AvgIpc) is 2.71. The van der Waals surface area contributed by atoms with Crippen LogP contribution in [0.5, 0.6) is 0 Å². The molecule has 6 heteroatoms. The van der Waals surface area contributed by atoms with Crippen LogP contribution >= 0.6 is 0 Å². The molecule has 0 spiro atoms. The van der Waals surface area contributed by atoms with Gasteiger partial charge in [-0.2, -0.15) is 0 Å². The van der Waals surface area contributed by atoms with Crippen molar-refractivity contribution in [3.63, 3.8) is 0 Å².